The van der Waals surface area contributed by atoms with E-state index in [0.29, 0.717) is 0 Å². The first-order chi connectivity index (χ1) is 10.4. The van der Waals surface area contributed by atoms with Crippen LogP contribution in [0.5, 0.6) is 5.75 Å². The number of fused-ring (bicyclic) bond motifs is 1. The van der Waals surface area contributed by atoms with Gasteiger partial charge in [0.05, 0.1) is 6.61 Å². The number of unbranched alkanes of at least 4 members (excludes halogenated alkanes) is 1. The number of aryl methyl sites for hydroxylation is 2. The van der Waals surface area contributed by atoms with Gasteiger partial charge < -0.3 is 4.74 Å². The Morgan fingerprint density at radius 3 is 2.81 bits per heavy atom. The van der Waals surface area contributed by atoms with Crippen molar-refractivity contribution in [2.45, 2.75) is 37.3 Å². The minimum atomic E-state index is 0.787. The molecule has 0 radical (unpaired) electrons. The summed E-state index contributed by atoms with van der Waals surface area (Å²) in [6.45, 7) is 0.787. The fraction of sp³-hybridized carbons (Fsp3) is 0.412. The van der Waals surface area contributed by atoms with E-state index < -0.39 is 0 Å². The molecule has 0 atom stereocenters. The Labute approximate surface area is 130 Å². The van der Waals surface area contributed by atoms with Gasteiger partial charge >= 0.3 is 0 Å². The first kappa shape index (κ1) is 14.4. The fourth-order valence-electron chi connectivity index (χ4n) is 2.56. The molecule has 0 saturated carbocycles. The van der Waals surface area contributed by atoms with Crippen molar-refractivity contribution in [3.8, 4) is 5.75 Å². The molecule has 1 aliphatic carbocycles. The van der Waals surface area contributed by atoms with Crippen LogP contribution in [0.15, 0.2) is 41.8 Å². The van der Waals surface area contributed by atoms with Gasteiger partial charge in [-0.1, -0.05) is 17.8 Å². The van der Waals surface area contributed by atoms with E-state index in [0.717, 1.165) is 36.1 Å². The molecule has 3 rings (SSSR count). The number of nitrogens with zero attached hydrogens (tertiary/aromatic N) is 2. The minimum absolute atomic E-state index is 0.787. The van der Waals surface area contributed by atoms with Gasteiger partial charge in [-0.2, -0.15) is 0 Å². The number of rotatable bonds is 7. The van der Waals surface area contributed by atoms with Crippen molar-refractivity contribution in [3.05, 3.63) is 47.8 Å². The zero-order chi connectivity index (χ0) is 14.3. The summed E-state index contributed by atoms with van der Waals surface area (Å²) >= 11 is 1.71. The van der Waals surface area contributed by atoms with Crippen molar-refractivity contribution >= 4 is 11.8 Å². The lowest BCUT2D eigenvalue weighted by Gasteiger charge is -2.08. The van der Waals surface area contributed by atoms with Gasteiger partial charge in [0.2, 0.25) is 0 Å². The number of aromatic nitrogens is 2. The molecule has 0 bridgehead atoms. The van der Waals surface area contributed by atoms with E-state index in [1.165, 1.54) is 30.4 Å². The third kappa shape index (κ3) is 4.21. The van der Waals surface area contributed by atoms with E-state index >= 15 is 0 Å². The van der Waals surface area contributed by atoms with Crippen molar-refractivity contribution < 1.29 is 4.74 Å². The molecule has 1 heterocycles. The van der Waals surface area contributed by atoms with Crippen molar-refractivity contribution in [3.63, 3.8) is 0 Å². The summed E-state index contributed by atoms with van der Waals surface area (Å²) < 4.78 is 5.84. The monoisotopic (exact) mass is 300 g/mol. The molecule has 0 amide bonds. The maximum atomic E-state index is 5.84. The highest BCUT2D eigenvalue weighted by atomic mass is 32.2. The molecule has 0 spiro atoms. The normalized spacial score (nSPS) is 13.1. The van der Waals surface area contributed by atoms with Crippen LogP contribution in [0.3, 0.4) is 0 Å². The number of ether oxygens (including phenoxy) is 1. The molecule has 0 aliphatic heterocycles. The summed E-state index contributed by atoms with van der Waals surface area (Å²) in [5.74, 6) is 2.06. The Bertz CT molecular complexity index is 574. The Morgan fingerprint density at radius 2 is 1.90 bits per heavy atom. The van der Waals surface area contributed by atoms with Crippen LogP contribution in [-0.4, -0.2) is 22.3 Å². The smallest absolute Gasteiger partial charge is 0.187 e. The molecule has 2 aromatic rings. The molecular formula is C17H20N2OS. The van der Waals surface area contributed by atoms with Gasteiger partial charge in [0.15, 0.2) is 5.16 Å². The molecule has 1 aromatic carbocycles. The Hall–Kier alpha value is -1.55. The van der Waals surface area contributed by atoms with Crippen LogP contribution in [0.2, 0.25) is 0 Å². The van der Waals surface area contributed by atoms with Crippen LogP contribution in [0.4, 0.5) is 0 Å². The van der Waals surface area contributed by atoms with Crippen LogP contribution >= 0.6 is 11.8 Å². The molecule has 1 aromatic heterocycles. The Kier molecular flexibility index (Phi) is 5.11. The lowest BCUT2D eigenvalue weighted by atomic mass is 10.1. The second kappa shape index (κ2) is 7.46. The molecule has 3 nitrogen and oxygen atoms in total. The van der Waals surface area contributed by atoms with Crippen LogP contribution < -0.4 is 4.74 Å². The van der Waals surface area contributed by atoms with Gasteiger partial charge in [0.25, 0.3) is 0 Å². The highest BCUT2D eigenvalue weighted by Gasteiger charge is 2.10. The second-order valence-corrected chi connectivity index (χ2v) is 6.28. The lowest BCUT2D eigenvalue weighted by Crippen LogP contribution is -1.99. The van der Waals surface area contributed by atoms with Crippen molar-refractivity contribution in [1.82, 2.24) is 9.97 Å². The third-order valence-electron chi connectivity index (χ3n) is 3.65. The van der Waals surface area contributed by atoms with Crippen LogP contribution in [0, 0.1) is 0 Å². The quantitative estimate of drug-likeness (QED) is 0.441. The topological polar surface area (TPSA) is 35.0 Å². The summed E-state index contributed by atoms with van der Waals surface area (Å²) in [5, 5.41) is 0.858. The summed E-state index contributed by atoms with van der Waals surface area (Å²) in [6, 6.07) is 8.39. The van der Waals surface area contributed by atoms with Gasteiger partial charge in [0.1, 0.15) is 5.75 Å². The molecule has 0 saturated heterocycles. The van der Waals surface area contributed by atoms with E-state index in [1.54, 1.807) is 24.2 Å². The van der Waals surface area contributed by atoms with E-state index in [1.807, 2.05) is 6.07 Å². The van der Waals surface area contributed by atoms with Gasteiger partial charge in [-0.15, -0.1) is 0 Å². The predicted octanol–water partition coefficient (Wildman–Crippen LogP) is 3.92. The molecular weight excluding hydrogens is 280 g/mol. The molecule has 0 unspecified atom stereocenters. The summed E-state index contributed by atoms with van der Waals surface area (Å²) in [5.41, 5.74) is 2.98. The van der Waals surface area contributed by atoms with Crippen LogP contribution in [0.25, 0.3) is 0 Å². The van der Waals surface area contributed by atoms with E-state index in [2.05, 4.69) is 28.2 Å². The van der Waals surface area contributed by atoms with Gasteiger partial charge in [0, 0.05) is 18.1 Å². The number of thioether (sulfide) groups is 1. The first-order valence-corrected chi connectivity index (χ1v) is 8.55. The zero-order valence-corrected chi connectivity index (χ0v) is 12.9. The molecule has 21 heavy (non-hydrogen) atoms. The maximum absolute atomic E-state index is 5.84. The summed E-state index contributed by atoms with van der Waals surface area (Å²) in [6.07, 6.45) is 9.48. The molecule has 0 fully saturated rings. The highest BCUT2D eigenvalue weighted by molar-refractivity contribution is 7.99. The number of benzene rings is 1. The highest BCUT2D eigenvalue weighted by Crippen LogP contribution is 2.26. The van der Waals surface area contributed by atoms with Crippen LogP contribution in [0.1, 0.15) is 30.4 Å². The van der Waals surface area contributed by atoms with Gasteiger partial charge in [-0.05, 0) is 61.4 Å². The van der Waals surface area contributed by atoms with Crippen molar-refractivity contribution in [2.75, 3.05) is 12.4 Å². The van der Waals surface area contributed by atoms with Crippen molar-refractivity contribution in [2.24, 2.45) is 0 Å². The lowest BCUT2D eigenvalue weighted by molar-refractivity contribution is 0.309. The van der Waals surface area contributed by atoms with E-state index in [-0.39, 0.29) is 0 Å². The molecule has 1 aliphatic rings. The maximum Gasteiger partial charge on any atom is 0.187 e. The Morgan fingerprint density at radius 1 is 1.05 bits per heavy atom. The zero-order valence-electron chi connectivity index (χ0n) is 12.1. The Balaban J connectivity index is 1.33. The SMILES string of the molecule is c1cnc(SCCCCOc2ccc3c(c2)CCC3)nc1. The molecule has 0 N–H and O–H groups in total. The average Bonchev–Trinajstić information content (AvgIpc) is 2.99. The second-order valence-electron chi connectivity index (χ2n) is 5.22. The largest absolute Gasteiger partial charge is 0.494 e. The van der Waals surface area contributed by atoms with Crippen molar-refractivity contribution in [1.29, 1.82) is 0 Å². The van der Waals surface area contributed by atoms with Crippen LogP contribution in [-0.2, 0) is 12.8 Å². The first-order valence-electron chi connectivity index (χ1n) is 7.56. The average molecular weight is 300 g/mol. The van der Waals surface area contributed by atoms with Gasteiger partial charge in [-0.25, -0.2) is 9.97 Å². The molecule has 110 valence electrons. The standard InChI is InChI=1S/C17H20N2OS/c1(2-12-21-17-18-9-4-10-19-17)11-20-16-8-7-14-5-3-6-15(14)13-16/h4,7-10,13H,1-3,5-6,11-12H2. The number of hydrogen-bond acceptors (Lipinski definition) is 4. The van der Waals surface area contributed by atoms with E-state index in [9.17, 15) is 0 Å². The van der Waals surface area contributed by atoms with E-state index in [4.69, 9.17) is 4.74 Å². The molecule has 4 heteroatoms. The summed E-state index contributed by atoms with van der Waals surface area (Å²) in [4.78, 5) is 8.40. The minimum Gasteiger partial charge on any atom is -0.494 e. The third-order valence-corrected chi connectivity index (χ3v) is 4.61. The number of hydrogen-bond donors (Lipinski definition) is 0. The summed E-state index contributed by atoms with van der Waals surface area (Å²) in [7, 11) is 0. The van der Waals surface area contributed by atoms with Gasteiger partial charge in [-0.3, -0.25) is 0 Å². The fourth-order valence-corrected chi connectivity index (χ4v) is 3.36. The predicted molar refractivity (Wildman–Crippen MR) is 86.0 cm³/mol.